The maximum Gasteiger partial charge on any atom is 0.267 e. The fourth-order valence-corrected chi connectivity index (χ4v) is 4.78. The molecule has 0 unspecified atom stereocenters. The van der Waals surface area contributed by atoms with Gasteiger partial charge in [0.25, 0.3) is 5.91 Å². The summed E-state index contributed by atoms with van der Waals surface area (Å²) >= 11 is 7.58. The van der Waals surface area contributed by atoms with Crippen molar-refractivity contribution in [2.24, 2.45) is 0 Å². The summed E-state index contributed by atoms with van der Waals surface area (Å²) < 4.78 is 5.75. The fraction of sp³-hybridized carbons (Fsp3) is 0.500. The predicted octanol–water partition coefficient (Wildman–Crippen LogP) is 4.78. The Kier molecular flexibility index (Phi) is 6.06. The number of nitrogens with zero attached hydrogens (tertiary/aromatic N) is 1. The summed E-state index contributed by atoms with van der Waals surface area (Å²) in [6.45, 7) is 5.35. The number of carbonyl (C=O) groups excluding carboxylic acids is 2. The summed E-state index contributed by atoms with van der Waals surface area (Å²) in [6.07, 6.45) is 4.65. The number of anilines is 1. The highest BCUT2D eigenvalue weighted by atomic mass is 35.5. The molecule has 2 amide bonds. The molecule has 1 aromatic carbocycles. The molecule has 5 nitrogen and oxygen atoms in total. The first-order valence-corrected chi connectivity index (χ1v) is 10.4. The molecule has 1 aliphatic heterocycles. The largest absolute Gasteiger partial charge is 0.476 e. The molecule has 1 aromatic rings. The molecular weight excluding hydrogens is 384 g/mol. The van der Waals surface area contributed by atoms with Crippen LogP contribution in [0.4, 0.5) is 5.69 Å². The zero-order valence-corrected chi connectivity index (χ0v) is 17.5. The summed E-state index contributed by atoms with van der Waals surface area (Å²) in [5.41, 5.74) is -0.472. The predicted molar refractivity (Wildman–Crippen MR) is 110 cm³/mol. The number of nitrogens with one attached hydrogen (secondary N) is 1. The highest BCUT2D eigenvalue weighted by Crippen LogP contribution is 2.39. The average molecular weight is 409 g/mol. The molecule has 146 valence electrons. The molecule has 27 heavy (non-hydrogen) atoms. The van der Waals surface area contributed by atoms with Gasteiger partial charge in [0.2, 0.25) is 5.91 Å². The van der Waals surface area contributed by atoms with Crippen LogP contribution in [-0.2, 0) is 14.3 Å². The topological polar surface area (TPSA) is 58.6 Å². The van der Waals surface area contributed by atoms with Crippen molar-refractivity contribution in [1.29, 1.82) is 0 Å². The Morgan fingerprint density at radius 2 is 2.04 bits per heavy atom. The zero-order chi connectivity index (χ0) is 19.6. The zero-order valence-electron chi connectivity index (χ0n) is 15.9. The van der Waals surface area contributed by atoms with Crippen LogP contribution in [0.15, 0.2) is 34.9 Å². The van der Waals surface area contributed by atoms with Crippen LogP contribution >= 0.6 is 23.4 Å². The highest BCUT2D eigenvalue weighted by molar-refractivity contribution is 8.04. The smallest absolute Gasteiger partial charge is 0.267 e. The Balaban J connectivity index is 1.75. The van der Waals surface area contributed by atoms with Crippen molar-refractivity contribution >= 4 is 40.9 Å². The van der Waals surface area contributed by atoms with Gasteiger partial charge in [-0.3, -0.25) is 14.5 Å². The van der Waals surface area contributed by atoms with Crippen LogP contribution < -0.4 is 5.32 Å². The number of benzene rings is 1. The van der Waals surface area contributed by atoms with Gasteiger partial charge in [-0.05, 0) is 51.8 Å². The molecule has 7 heteroatoms. The number of ether oxygens (including phenoxy) is 1. The Morgan fingerprint density at radius 1 is 1.33 bits per heavy atom. The molecule has 0 atom stereocenters. The molecule has 0 saturated heterocycles. The lowest BCUT2D eigenvalue weighted by Gasteiger charge is -2.40. The molecule has 1 heterocycles. The van der Waals surface area contributed by atoms with Gasteiger partial charge in [0.1, 0.15) is 16.2 Å². The molecule has 0 aromatic heterocycles. The van der Waals surface area contributed by atoms with Gasteiger partial charge >= 0.3 is 0 Å². The van der Waals surface area contributed by atoms with Crippen molar-refractivity contribution in [2.45, 2.75) is 57.2 Å². The van der Waals surface area contributed by atoms with Gasteiger partial charge in [-0.1, -0.05) is 30.5 Å². The maximum atomic E-state index is 13.1. The second-order valence-electron chi connectivity index (χ2n) is 7.44. The van der Waals surface area contributed by atoms with Gasteiger partial charge in [-0.25, -0.2) is 0 Å². The number of hydrogen-bond donors (Lipinski definition) is 1. The van der Waals surface area contributed by atoms with Crippen LogP contribution in [0.2, 0.25) is 5.02 Å². The minimum Gasteiger partial charge on any atom is -0.476 e. The Morgan fingerprint density at radius 3 is 2.70 bits per heavy atom. The summed E-state index contributed by atoms with van der Waals surface area (Å²) in [5.74, 6) is 0.229. The molecule has 0 bridgehead atoms. The summed E-state index contributed by atoms with van der Waals surface area (Å²) in [5, 5.41) is 3.83. The van der Waals surface area contributed by atoms with E-state index in [9.17, 15) is 9.59 Å². The average Bonchev–Trinajstić information content (AvgIpc) is 3.11. The molecule has 2 aliphatic rings. The van der Waals surface area contributed by atoms with E-state index in [4.69, 9.17) is 16.3 Å². The second-order valence-corrected chi connectivity index (χ2v) is 9.19. The van der Waals surface area contributed by atoms with Gasteiger partial charge in [0.15, 0.2) is 6.73 Å². The number of hydrogen-bond acceptors (Lipinski definition) is 4. The van der Waals surface area contributed by atoms with E-state index in [1.54, 1.807) is 49.9 Å². The van der Waals surface area contributed by atoms with Gasteiger partial charge in [-0.2, -0.15) is 0 Å². The number of amides is 2. The molecule has 0 spiro atoms. The number of carbonyl (C=O) groups is 2. The Hall–Kier alpha value is -1.66. The van der Waals surface area contributed by atoms with E-state index >= 15 is 0 Å². The van der Waals surface area contributed by atoms with E-state index in [1.807, 2.05) is 6.92 Å². The third kappa shape index (κ3) is 4.43. The van der Waals surface area contributed by atoms with Crippen molar-refractivity contribution in [3.05, 3.63) is 40.0 Å². The SMILES string of the molecule is CC1=C(SC2CCCC2)C(=O)N(C(C)(C)C(=O)Nc2cccc(Cl)c2)CO1. The van der Waals surface area contributed by atoms with Crippen LogP contribution in [0.3, 0.4) is 0 Å². The summed E-state index contributed by atoms with van der Waals surface area (Å²) in [4.78, 5) is 28.2. The van der Waals surface area contributed by atoms with Crippen molar-refractivity contribution in [3.63, 3.8) is 0 Å². The van der Waals surface area contributed by atoms with E-state index < -0.39 is 5.54 Å². The van der Waals surface area contributed by atoms with Crippen LogP contribution in [-0.4, -0.2) is 34.2 Å². The van der Waals surface area contributed by atoms with Crippen molar-refractivity contribution in [1.82, 2.24) is 4.90 Å². The van der Waals surface area contributed by atoms with E-state index in [0.717, 1.165) is 12.8 Å². The molecule has 1 N–H and O–H groups in total. The second kappa shape index (κ2) is 8.15. The van der Waals surface area contributed by atoms with Crippen LogP contribution in [0.5, 0.6) is 0 Å². The van der Waals surface area contributed by atoms with Gasteiger partial charge in [0, 0.05) is 16.0 Å². The monoisotopic (exact) mass is 408 g/mol. The maximum absolute atomic E-state index is 13.1. The Labute approximate surface area is 169 Å². The van der Waals surface area contributed by atoms with Crippen LogP contribution in [0.1, 0.15) is 46.5 Å². The summed E-state index contributed by atoms with van der Waals surface area (Å²) in [7, 11) is 0. The standard InChI is InChI=1S/C20H25ClN2O3S/c1-13-17(27-16-9-4-5-10-16)18(24)23(12-26-13)20(2,3)19(25)22-15-8-6-7-14(21)11-15/h6-8,11,16H,4-5,9-10,12H2,1-3H3,(H,22,25). The van der Waals surface area contributed by atoms with Crippen molar-refractivity contribution in [3.8, 4) is 0 Å². The minimum atomic E-state index is -1.07. The van der Waals surface area contributed by atoms with Crippen molar-refractivity contribution < 1.29 is 14.3 Å². The first-order chi connectivity index (χ1) is 12.8. The highest BCUT2D eigenvalue weighted by Gasteiger charge is 2.42. The van der Waals surface area contributed by atoms with Crippen molar-refractivity contribution in [2.75, 3.05) is 12.0 Å². The molecule has 1 aliphatic carbocycles. The third-order valence-corrected chi connectivity index (χ3v) is 6.81. The van der Waals surface area contributed by atoms with Gasteiger partial charge in [-0.15, -0.1) is 11.8 Å². The van der Waals surface area contributed by atoms with E-state index in [0.29, 0.717) is 26.6 Å². The molecule has 1 saturated carbocycles. The van der Waals surface area contributed by atoms with Crippen LogP contribution in [0.25, 0.3) is 0 Å². The van der Waals surface area contributed by atoms with Gasteiger partial charge in [0.05, 0.1) is 0 Å². The van der Waals surface area contributed by atoms with E-state index in [1.165, 1.54) is 17.7 Å². The quantitative estimate of drug-likeness (QED) is 0.761. The molecule has 3 rings (SSSR count). The lowest BCUT2D eigenvalue weighted by molar-refractivity contribution is -0.148. The lowest BCUT2D eigenvalue weighted by atomic mass is 10.0. The first-order valence-electron chi connectivity index (χ1n) is 9.18. The first kappa shape index (κ1) is 20.1. The van der Waals surface area contributed by atoms with E-state index in [-0.39, 0.29) is 18.5 Å². The molecule has 0 radical (unpaired) electrons. The Bertz CT molecular complexity index is 772. The van der Waals surface area contributed by atoms with Gasteiger partial charge < -0.3 is 10.1 Å². The number of halogens is 1. The molecular formula is C20H25ClN2O3S. The fourth-order valence-electron chi connectivity index (χ4n) is 3.25. The van der Waals surface area contributed by atoms with E-state index in [2.05, 4.69) is 5.32 Å². The lowest BCUT2D eigenvalue weighted by Crippen LogP contribution is -2.57. The molecule has 1 fully saturated rings. The minimum absolute atomic E-state index is 0.0648. The third-order valence-electron chi connectivity index (χ3n) is 5.07. The number of rotatable bonds is 5. The number of thioether (sulfide) groups is 1. The normalized spacial score (nSPS) is 18.7. The van der Waals surface area contributed by atoms with Crippen LogP contribution in [0, 0.1) is 0 Å². The number of allylic oxidation sites excluding steroid dienone is 1. The summed E-state index contributed by atoms with van der Waals surface area (Å²) in [6, 6.07) is 6.95.